The third-order valence-corrected chi connectivity index (χ3v) is 6.06. The van der Waals surface area contributed by atoms with E-state index in [1.165, 1.54) is 7.11 Å². The van der Waals surface area contributed by atoms with Gasteiger partial charge in [-0.25, -0.2) is 8.42 Å². The molecule has 0 aromatic carbocycles. The zero-order chi connectivity index (χ0) is 14.5. The summed E-state index contributed by atoms with van der Waals surface area (Å²) in [5.41, 5.74) is 0. The summed E-state index contributed by atoms with van der Waals surface area (Å²) in [4.78, 5) is 11.3. The van der Waals surface area contributed by atoms with Gasteiger partial charge in [-0.2, -0.15) is 0 Å². The Balaban J connectivity index is 2.82. The molecule has 1 N–H and O–H groups in total. The minimum Gasteiger partial charge on any atom is -0.468 e. The second-order valence-corrected chi connectivity index (χ2v) is 7.50. The van der Waals surface area contributed by atoms with Crippen LogP contribution in [0.25, 0.3) is 0 Å². The van der Waals surface area contributed by atoms with Crippen molar-refractivity contribution in [2.45, 2.75) is 50.3 Å². The smallest absolute Gasteiger partial charge is 0.320 e. The summed E-state index contributed by atoms with van der Waals surface area (Å²) in [6, 6.07) is -0.0530. The Labute approximate surface area is 116 Å². The number of esters is 1. The first-order valence-electron chi connectivity index (χ1n) is 6.90. The second kappa shape index (κ2) is 7.24. The fourth-order valence-electron chi connectivity index (χ4n) is 2.94. The molecule has 0 aliphatic heterocycles. The quantitative estimate of drug-likeness (QED) is 0.743. The van der Waals surface area contributed by atoms with E-state index in [2.05, 4.69) is 17.0 Å². The van der Waals surface area contributed by atoms with Gasteiger partial charge in [0.1, 0.15) is 5.75 Å². The van der Waals surface area contributed by atoms with Crippen LogP contribution in [0.15, 0.2) is 0 Å². The lowest BCUT2D eigenvalue weighted by Crippen LogP contribution is -2.48. The summed E-state index contributed by atoms with van der Waals surface area (Å²) in [5, 5.41) is 2.61. The molecule has 0 saturated heterocycles. The minimum absolute atomic E-state index is 0.0530. The molecule has 112 valence electrons. The van der Waals surface area contributed by atoms with Gasteiger partial charge in [0.25, 0.3) is 0 Å². The molecule has 1 rings (SSSR count). The molecule has 1 aliphatic rings. The van der Waals surface area contributed by atoms with Crippen LogP contribution in [0, 0.1) is 5.92 Å². The molecule has 6 heteroatoms. The van der Waals surface area contributed by atoms with Crippen molar-refractivity contribution in [1.82, 2.24) is 5.32 Å². The highest BCUT2D eigenvalue weighted by molar-refractivity contribution is 7.92. The number of sulfone groups is 1. The zero-order valence-electron chi connectivity index (χ0n) is 12.0. The van der Waals surface area contributed by atoms with E-state index in [1.807, 2.05) is 0 Å². The van der Waals surface area contributed by atoms with Gasteiger partial charge >= 0.3 is 5.97 Å². The Hall–Kier alpha value is -0.620. The average molecular weight is 291 g/mol. The molecular weight excluding hydrogens is 266 g/mol. The van der Waals surface area contributed by atoms with Crippen LogP contribution >= 0.6 is 0 Å². The number of nitrogens with one attached hydrogen (secondary N) is 1. The summed E-state index contributed by atoms with van der Waals surface area (Å²) in [6.07, 6.45) is 4.69. The highest BCUT2D eigenvalue weighted by atomic mass is 32.2. The van der Waals surface area contributed by atoms with E-state index in [4.69, 9.17) is 0 Å². The van der Waals surface area contributed by atoms with Crippen LogP contribution in [-0.2, 0) is 19.4 Å². The molecule has 0 aromatic rings. The predicted octanol–water partition coefficient (Wildman–Crippen LogP) is 1.13. The number of rotatable bonds is 6. The van der Waals surface area contributed by atoms with Gasteiger partial charge in [0.15, 0.2) is 9.84 Å². The predicted molar refractivity (Wildman–Crippen MR) is 74.7 cm³/mol. The number of carbonyl (C=O) groups is 1. The lowest BCUT2D eigenvalue weighted by atomic mass is 9.83. The van der Waals surface area contributed by atoms with Gasteiger partial charge in [-0.1, -0.05) is 19.8 Å². The largest absolute Gasteiger partial charge is 0.468 e. The van der Waals surface area contributed by atoms with Crippen LogP contribution in [0.5, 0.6) is 0 Å². The van der Waals surface area contributed by atoms with Crippen LogP contribution in [0.3, 0.4) is 0 Å². The molecule has 5 nitrogen and oxygen atoms in total. The van der Waals surface area contributed by atoms with E-state index in [-0.39, 0.29) is 6.04 Å². The number of methoxy groups -OCH3 is 1. The number of hydrogen-bond acceptors (Lipinski definition) is 5. The first-order chi connectivity index (χ1) is 8.94. The summed E-state index contributed by atoms with van der Waals surface area (Å²) in [7, 11) is -0.445. The molecular formula is C13H25NO4S. The van der Waals surface area contributed by atoms with Crippen molar-refractivity contribution in [3.8, 4) is 0 Å². The maximum Gasteiger partial charge on any atom is 0.320 e. The number of carbonyl (C=O) groups excluding carboxylic acids is 1. The van der Waals surface area contributed by atoms with Crippen molar-refractivity contribution >= 4 is 15.8 Å². The van der Waals surface area contributed by atoms with Gasteiger partial charge in [-0.15, -0.1) is 0 Å². The lowest BCUT2D eigenvalue weighted by Gasteiger charge is -2.35. The van der Waals surface area contributed by atoms with Crippen LogP contribution in [-0.4, -0.2) is 45.6 Å². The molecule has 1 saturated carbocycles. The van der Waals surface area contributed by atoms with Crippen molar-refractivity contribution in [2.24, 2.45) is 5.92 Å². The maximum atomic E-state index is 12.3. The zero-order valence-corrected chi connectivity index (χ0v) is 12.8. The molecule has 19 heavy (non-hydrogen) atoms. The van der Waals surface area contributed by atoms with Gasteiger partial charge in [-0.05, 0) is 32.2 Å². The summed E-state index contributed by atoms with van der Waals surface area (Å²) in [5.74, 6) is -0.731. The fraction of sp³-hybridized carbons (Fsp3) is 0.923. The van der Waals surface area contributed by atoms with E-state index in [1.54, 1.807) is 7.05 Å². The highest BCUT2D eigenvalue weighted by Crippen LogP contribution is 2.32. The monoisotopic (exact) mass is 291 g/mol. The second-order valence-electron chi connectivity index (χ2n) is 5.28. The third kappa shape index (κ3) is 4.45. The van der Waals surface area contributed by atoms with Crippen molar-refractivity contribution < 1.29 is 17.9 Å². The van der Waals surface area contributed by atoms with E-state index in [0.717, 1.165) is 25.7 Å². The van der Waals surface area contributed by atoms with Gasteiger partial charge in [0, 0.05) is 6.04 Å². The number of hydrogen-bond donors (Lipinski definition) is 1. The molecule has 0 heterocycles. The fourth-order valence-corrected chi connectivity index (χ4v) is 4.94. The first kappa shape index (κ1) is 16.4. The molecule has 3 unspecified atom stereocenters. The Morgan fingerprint density at radius 2 is 2.05 bits per heavy atom. The van der Waals surface area contributed by atoms with Gasteiger partial charge in [0.2, 0.25) is 0 Å². The molecule has 3 atom stereocenters. The molecule has 0 spiro atoms. The molecule has 0 bridgehead atoms. The van der Waals surface area contributed by atoms with E-state index >= 15 is 0 Å². The van der Waals surface area contributed by atoms with Gasteiger partial charge < -0.3 is 10.1 Å². The van der Waals surface area contributed by atoms with Crippen molar-refractivity contribution in [1.29, 1.82) is 0 Å². The molecule has 1 aliphatic carbocycles. The van der Waals surface area contributed by atoms with Crippen molar-refractivity contribution in [3.05, 3.63) is 0 Å². The Bertz CT molecular complexity index is 393. The standard InChI is InChI=1S/C13H25NO4S/c1-4-5-10-6-7-11(14-2)12(8-10)19(16,17)9-13(15)18-3/h10-12,14H,4-9H2,1-3H3. The lowest BCUT2D eigenvalue weighted by molar-refractivity contribution is -0.137. The summed E-state index contributed by atoms with van der Waals surface area (Å²) >= 11 is 0. The van der Waals surface area contributed by atoms with Crippen LogP contribution in [0.4, 0.5) is 0 Å². The molecule has 0 aromatic heterocycles. The van der Waals surface area contributed by atoms with Crippen LogP contribution < -0.4 is 5.32 Å². The highest BCUT2D eigenvalue weighted by Gasteiger charge is 2.39. The van der Waals surface area contributed by atoms with Gasteiger partial charge in [-0.3, -0.25) is 4.79 Å². The Kier molecular flexibility index (Phi) is 6.26. The van der Waals surface area contributed by atoms with E-state index in [0.29, 0.717) is 12.3 Å². The molecule has 0 radical (unpaired) electrons. The molecule has 0 amide bonds. The SMILES string of the molecule is CCCC1CCC(NC)C(S(=O)(=O)CC(=O)OC)C1. The first-order valence-corrected chi connectivity index (χ1v) is 8.61. The topological polar surface area (TPSA) is 72.5 Å². The van der Waals surface area contributed by atoms with Crippen molar-refractivity contribution in [3.63, 3.8) is 0 Å². The summed E-state index contributed by atoms with van der Waals surface area (Å²) in [6.45, 7) is 2.11. The Morgan fingerprint density at radius 3 is 2.58 bits per heavy atom. The number of ether oxygens (including phenoxy) is 1. The van der Waals surface area contributed by atoms with Crippen LogP contribution in [0.2, 0.25) is 0 Å². The van der Waals surface area contributed by atoms with E-state index < -0.39 is 26.8 Å². The molecule has 1 fully saturated rings. The van der Waals surface area contributed by atoms with Crippen molar-refractivity contribution in [2.75, 3.05) is 19.9 Å². The van der Waals surface area contributed by atoms with Gasteiger partial charge in [0.05, 0.1) is 12.4 Å². The van der Waals surface area contributed by atoms with Crippen LogP contribution in [0.1, 0.15) is 39.0 Å². The average Bonchev–Trinajstić information content (AvgIpc) is 2.38. The maximum absolute atomic E-state index is 12.3. The minimum atomic E-state index is -3.44. The summed E-state index contributed by atoms with van der Waals surface area (Å²) < 4.78 is 29.1. The van der Waals surface area contributed by atoms with E-state index in [9.17, 15) is 13.2 Å². The normalized spacial score (nSPS) is 28.1. The third-order valence-electron chi connectivity index (χ3n) is 3.98. The Morgan fingerprint density at radius 1 is 1.37 bits per heavy atom.